The lowest BCUT2D eigenvalue weighted by molar-refractivity contribution is -0.138. The molecule has 0 aliphatic rings. The van der Waals surface area contributed by atoms with Crippen LogP contribution in [-0.4, -0.2) is 34.0 Å². The molecule has 0 aliphatic carbocycles. The minimum absolute atomic E-state index is 0.00731. The summed E-state index contributed by atoms with van der Waals surface area (Å²) in [6.07, 6.45) is 1.74. The number of hydrogen-bond acceptors (Lipinski definition) is 3. The number of benzene rings is 1. The first kappa shape index (κ1) is 14.2. The van der Waals surface area contributed by atoms with E-state index in [0.29, 0.717) is 6.54 Å². The predicted molar refractivity (Wildman–Crippen MR) is 77.4 cm³/mol. The first-order chi connectivity index (χ1) is 9.72. The van der Waals surface area contributed by atoms with Gasteiger partial charge in [0.2, 0.25) is 0 Å². The summed E-state index contributed by atoms with van der Waals surface area (Å²) in [4.78, 5) is 17.4. The molecule has 1 aromatic heterocycles. The average Bonchev–Trinajstić information content (AvgIpc) is 2.48. The second kappa shape index (κ2) is 6.82. The van der Waals surface area contributed by atoms with E-state index in [9.17, 15) is 4.79 Å². The van der Waals surface area contributed by atoms with Gasteiger partial charge in [-0.3, -0.25) is 14.7 Å². The van der Waals surface area contributed by atoms with E-state index in [-0.39, 0.29) is 12.6 Å². The van der Waals surface area contributed by atoms with Gasteiger partial charge in [0.05, 0.1) is 18.3 Å². The van der Waals surface area contributed by atoms with E-state index in [4.69, 9.17) is 5.11 Å². The van der Waals surface area contributed by atoms with Crippen LogP contribution in [0.4, 0.5) is 0 Å². The number of rotatable bonds is 6. The molecule has 0 saturated heterocycles. The van der Waals surface area contributed by atoms with Gasteiger partial charge in [0.1, 0.15) is 0 Å². The summed E-state index contributed by atoms with van der Waals surface area (Å²) in [6.45, 7) is 2.59. The van der Waals surface area contributed by atoms with Crippen LogP contribution in [0, 0.1) is 0 Å². The molecule has 4 nitrogen and oxygen atoms in total. The Bertz CT molecular complexity index is 503. The monoisotopic (exact) mass is 270 g/mol. The molecule has 0 radical (unpaired) electrons. The fourth-order valence-corrected chi connectivity index (χ4v) is 2.30. The molecule has 0 spiro atoms. The zero-order chi connectivity index (χ0) is 14.4. The van der Waals surface area contributed by atoms with Gasteiger partial charge in [-0.15, -0.1) is 0 Å². The van der Waals surface area contributed by atoms with Crippen molar-refractivity contribution >= 4 is 5.97 Å². The van der Waals surface area contributed by atoms with Crippen molar-refractivity contribution in [1.29, 1.82) is 0 Å². The Labute approximate surface area is 118 Å². The van der Waals surface area contributed by atoms with Crippen molar-refractivity contribution in [2.45, 2.75) is 13.0 Å². The van der Waals surface area contributed by atoms with Crippen LogP contribution in [0.25, 0.3) is 0 Å². The first-order valence-electron chi connectivity index (χ1n) is 6.64. The fraction of sp³-hybridized carbons (Fsp3) is 0.250. The highest BCUT2D eigenvalue weighted by atomic mass is 16.4. The van der Waals surface area contributed by atoms with E-state index in [1.807, 2.05) is 60.4 Å². The molecule has 2 aromatic rings. The molecule has 1 heterocycles. The van der Waals surface area contributed by atoms with Gasteiger partial charge in [0.25, 0.3) is 0 Å². The summed E-state index contributed by atoms with van der Waals surface area (Å²) >= 11 is 0. The number of pyridine rings is 1. The standard InChI is InChI=1S/C16H18N2O2/c1-2-18(12-15(19)20)16(13-8-4-3-5-9-13)14-10-6-7-11-17-14/h3-11,16H,2,12H2,1H3,(H,19,20). The summed E-state index contributed by atoms with van der Waals surface area (Å²) in [5, 5.41) is 9.10. The van der Waals surface area contributed by atoms with Gasteiger partial charge in [0, 0.05) is 6.20 Å². The molecular formula is C16H18N2O2. The zero-order valence-corrected chi connectivity index (χ0v) is 11.4. The topological polar surface area (TPSA) is 53.4 Å². The lowest BCUT2D eigenvalue weighted by Gasteiger charge is -2.29. The van der Waals surface area contributed by atoms with E-state index >= 15 is 0 Å². The van der Waals surface area contributed by atoms with Crippen LogP contribution in [-0.2, 0) is 4.79 Å². The molecule has 0 saturated carbocycles. The minimum atomic E-state index is -0.830. The number of hydrogen-bond donors (Lipinski definition) is 1. The van der Waals surface area contributed by atoms with Gasteiger partial charge in [-0.25, -0.2) is 0 Å². The average molecular weight is 270 g/mol. The van der Waals surface area contributed by atoms with Crippen molar-refractivity contribution in [2.75, 3.05) is 13.1 Å². The van der Waals surface area contributed by atoms with Crippen LogP contribution in [0.5, 0.6) is 0 Å². The summed E-state index contributed by atoms with van der Waals surface area (Å²) in [7, 11) is 0. The number of aromatic nitrogens is 1. The lowest BCUT2D eigenvalue weighted by Crippen LogP contribution is -2.34. The highest BCUT2D eigenvalue weighted by Gasteiger charge is 2.23. The number of carbonyl (C=O) groups is 1. The van der Waals surface area contributed by atoms with E-state index in [0.717, 1.165) is 11.3 Å². The van der Waals surface area contributed by atoms with Crippen LogP contribution in [0.1, 0.15) is 24.2 Å². The third-order valence-corrected chi connectivity index (χ3v) is 3.19. The fourth-order valence-electron chi connectivity index (χ4n) is 2.30. The normalized spacial score (nSPS) is 12.3. The molecule has 1 aromatic carbocycles. The van der Waals surface area contributed by atoms with E-state index < -0.39 is 5.97 Å². The highest BCUT2D eigenvalue weighted by molar-refractivity contribution is 5.69. The molecule has 1 atom stereocenters. The Morgan fingerprint density at radius 3 is 2.45 bits per heavy atom. The van der Waals surface area contributed by atoms with Crippen LogP contribution in [0.2, 0.25) is 0 Å². The first-order valence-corrected chi connectivity index (χ1v) is 6.64. The van der Waals surface area contributed by atoms with Gasteiger partial charge >= 0.3 is 5.97 Å². The second-order valence-corrected chi connectivity index (χ2v) is 4.52. The second-order valence-electron chi connectivity index (χ2n) is 4.52. The molecule has 20 heavy (non-hydrogen) atoms. The molecule has 104 valence electrons. The molecule has 0 amide bonds. The number of likely N-dealkylation sites (N-methyl/N-ethyl adjacent to an activating group) is 1. The number of carboxylic acids is 1. The number of nitrogens with zero attached hydrogens (tertiary/aromatic N) is 2. The quantitative estimate of drug-likeness (QED) is 0.876. The van der Waals surface area contributed by atoms with Gasteiger partial charge < -0.3 is 5.11 Å². The maximum absolute atomic E-state index is 11.1. The van der Waals surface area contributed by atoms with E-state index in [2.05, 4.69) is 4.98 Å². The summed E-state index contributed by atoms with van der Waals surface area (Å²) in [5.74, 6) is -0.830. The number of carboxylic acid groups (broad SMARTS) is 1. The predicted octanol–water partition coefficient (Wildman–Crippen LogP) is 2.58. The van der Waals surface area contributed by atoms with E-state index in [1.54, 1.807) is 6.20 Å². The smallest absolute Gasteiger partial charge is 0.317 e. The molecule has 4 heteroatoms. The Morgan fingerprint density at radius 2 is 1.90 bits per heavy atom. The molecule has 0 fully saturated rings. The molecular weight excluding hydrogens is 252 g/mol. The minimum Gasteiger partial charge on any atom is -0.480 e. The van der Waals surface area contributed by atoms with Gasteiger partial charge in [0.15, 0.2) is 0 Å². The highest BCUT2D eigenvalue weighted by Crippen LogP contribution is 2.26. The maximum Gasteiger partial charge on any atom is 0.317 e. The van der Waals surface area contributed by atoms with Gasteiger partial charge in [-0.1, -0.05) is 43.3 Å². The molecule has 1 unspecified atom stereocenters. The van der Waals surface area contributed by atoms with Crippen LogP contribution in [0.3, 0.4) is 0 Å². The van der Waals surface area contributed by atoms with Crippen molar-refractivity contribution < 1.29 is 9.90 Å². The summed E-state index contributed by atoms with van der Waals surface area (Å²) in [5.41, 5.74) is 1.91. The third-order valence-electron chi connectivity index (χ3n) is 3.19. The Hall–Kier alpha value is -2.20. The number of aliphatic carboxylic acids is 1. The lowest BCUT2D eigenvalue weighted by atomic mass is 10.0. The molecule has 1 N–H and O–H groups in total. The summed E-state index contributed by atoms with van der Waals surface area (Å²) < 4.78 is 0. The van der Waals surface area contributed by atoms with Crippen LogP contribution in [0.15, 0.2) is 54.7 Å². The Kier molecular flexibility index (Phi) is 4.85. The Morgan fingerprint density at radius 1 is 1.20 bits per heavy atom. The molecule has 2 rings (SSSR count). The summed E-state index contributed by atoms with van der Waals surface area (Å²) in [6, 6.07) is 15.5. The molecule has 0 aliphatic heterocycles. The maximum atomic E-state index is 11.1. The van der Waals surface area contributed by atoms with E-state index in [1.165, 1.54) is 0 Å². The van der Waals surface area contributed by atoms with Crippen molar-refractivity contribution in [1.82, 2.24) is 9.88 Å². The zero-order valence-electron chi connectivity index (χ0n) is 11.4. The van der Waals surface area contributed by atoms with Gasteiger partial charge in [-0.05, 0) is 24.2 Å². The van der Waals surface area contributed by atoms with Crippen molar-refractivity contribution in [3.63, 3.8) is 0 Å². The van der Waals surface area contributed by atoms with Crippen molar-refractivity contribution in [3.05, 3.63) is 66.0 Å². The SMILES string of the molecule is CCN(CC(=O)O)C(c1ccccc1)c1ccccn1. The van der Waals surface area contributed by atoms with Crippen molar-refractivity contribution in [3.8, 4) is 0 Å². The largest absolute Gasteiger partial charge is 0.480 e. The molecule has 0 bridgehead atoms. The third kappa shape index (κ3) is 3.42. The van der Waals surface area contributed by atoms with Gasteiger partial charge in [-0.2, -0.15) is 0 Å². The van der Waals surface area contributed by atoms with Crippen molar-refractivity contribution in [2.24, 2.45) is 0 Å². The van der Waals surface area contributed by atoms with Crippen LogP contribution >= 0.6 is 0 Å². The van der Waals surface area contributed by atoms with Crippen LogP contribution < -0.4 is 0 Å². The Balaban J connectivity index is 2.41.